The van der Waals surface area contributed by atoms with Crippen molar-refractivity contribution >= 4 is 5.97 Å². The third-order valence-corrected chi connectivity index (χ3v) is 4.16. The third-order valence-electron chi connectivity index (χ3n) is 4.16. The van der Waals surface area contributed by atoms with E-state index in [0.717, 1.165) is 25.7 Å². The topological polar surface area (TPSA) is 63.3 Å². The molecule has 0 aliphatic heterocycles. The van der Waals surface area contributed by atoms with E-state index in [9.17, 15) is 18.0 Å². The highest BCUT2D eigenvalue weighted by Gasteiger charge is 2.46. The molecule has 19 heavy (non-hydrogen) atoms. The zero-order chi connectivity index (χ0) is 13.8. The van der Waals surface area contributed by atoms with Gasteiger partial charge in [0.05, 0.1) is 0 Å². The first-order valence-corrected chi connectivity index (χ1v) is 6.17. The van der Waals surface area contributed by atoms with Crippen LogP contribution in [0.5, 0.6) is 0 Å². The van der Waals surface area contributed by atoms with Gasteiger partial charge in [0.15, 0.2) is 11.6 Å². The predicted molar refractivity (Wildman–Crippen MR) is 56.7 cm³/mol. The van der Waals surface area contributed by atoms with Crippen LogP contribution in [0.3, 0.4) is 0 Å². The van der Waals surface area contributed by atoms with Crippen molar-refractivity contribution in [2.75, 3.05) is 0 Å². The lowest BCUT2D eigenvalue weighted by atomic mass is 9.89. The van der Waals surface area contributed by atoms with E-state index in [1.54, 1.807) is 0 Å². The summed E-state index contributed by atoms with van der Waals surface area (Å²) >= 11 is 0. The number of hydrogen-bond donors (Lipinski definition) is 1. The van der Waals surface area contributed by atoms with Crippen LogP contribution in [-0.2, 0) is 6.18 Å². The molecule has 0 spiro atoms. The average molecular weight is 275 g/mol. The number of fused-ring (bicyclic) bond motifs is 2. The molecule has 3 atom stereocenters. The second kappa shape index (κ2) is 3.98. The third kappa shape index (κ3) is 2.01. The molecule has 1 aromatic rings. The second-order valence-corrected chi connectivity index (χ2v) is 5.31. The van der Waals surface area contributed by atoms with Gasteiger partial charge in [-0.25, -0.2) is 9.78 Å². The van der Waals surface area contributed by atoms with Gasteiger partial charge in [0.25, 0.3) is 0 Å². The van der Waals surface area contributed by atoms with Gasteiger partial charge in [-0.15, -0.1) is 0 Å². The maximum absolute atomic E-state index is 12.7. The molecule has 2 aliphatic carbocycles. The fourth-order valence-corrected chi connectivity index (χ4v) is 3.38. The Morgan fingerprint density at radius 3 is 2.47 bits per heavy atom. The van der Waals surface area contributed by atoms with Crippen LogP contribution in [-0.4, -0.2) is 16.1 Å². The Labute approximate surface area is 106 Å². The Balaban J connectivity index is 1.97. The first-order valence-electron chi connectivity index (χ1n) is 6.17. The minimum Gasteiger partial charge on any atom is -0.475 e. The summed E-state index contributed by atoms with van der Waals surface area (Å²) in [6.45, 7) is 0. The summed E-state index contributed by atoms with van der Waals surface area (Å²) in [5, 5.41) is 8.78. The fourth-order valence-electron chi connectivity index (χ4n) is 3.38. The van der Waals surface area contributed by atoms with E-state index >= 15 is 0 Å². The van der Waals surface area contributed by atoms with Gasteiger partial charge in [0.2, 0.25) is 5.76 Å². The van der Waals surface area contributed by atoms with Crippen LogP contribution >= 0.6 is 0 Å². The van der Waals surface area contributed by atoms with Gasteiger partial charge < -0.3 is 9.52 Å². The molecule has 3 unspecified atom stereocenters. The van der Waals surface area contributed by atoms with Crippen LogP contribution in [0.2, 0.25) is 0 Å². The first kappa shape index (κ1) is 12.5. The van der Waals surface area contributed by atoms with Gasteiger partial charge in [-0.05, 0) is 31.1 Å². The Kier molecular flexibility index (Phi) is 2.62. The van der Waals surface area contributed by atoms with Crippen molar-refractivity contribution in [1.82, 2.24) is 4.98 Å². The molecule has 2 aliphatic rings. The minimum absolute atomic E-state index is 0.0584. The Bertz CT molecular complexity index is 523. The van der Waals surface area contributed by atoms with E-state index < -0.39 is 23.6 Å². The van der Waals surface area contributed by atoms with Crippen molar-refractivity contribution in [3.8, 4) is 0 Å². The number of rotatable bonds is 2. The van der Waals surface area contributed by atoms with Crippen molar-refractivity contribution in [1.29, 1.82) is 0 Å². The molecule has 1 aromatic heterocycles. The molecule has 104 valence electrons. The Morgan fingerprint density at radius 1 is 1.32 bits per heavy atom. The number of carbonyl (C=O) groups is 1. The molecule has 0 aromatic carbocycles. The van der Waals surface area contributed by atoms with Crippen LogP contribution in [0.25, 0.3) is 0 Å². The van der Waals surface area contributed by atoms with Gasteiger partial charge in [-0.3, -0.25) is 0 Å². The zero-order valence-corrected chi connectivity index (χ0v) is 9.91. The lowest BCUT2D eigenvalue weighted by Gasteiger charge is -2.17. The quantitative estimate of drug-likeness (QED) is 0.899. The highest BCUT2D eigenvalue weighted by atomic mass is 19.4. The highest BCUT2D eigenvalue weighted by molar-refractivity contribution is 5.85. The Morgan fingerprint density at radius 2 is 2.05 bits per heavy atom. The summed E-state index contributed by atoms with van der Waals surface area (Å²) in [5.41, 5.74) is -1.42. The molecule has 1 N–H and O–H groups in total. The van der Waals surface area contributed by atoms with Gasteiger partial charge in [-0.2, -0.15) is 13.2 Å². The maximum atomic E-state index is 12.7. The van der Waals surface area contributed by atoms with E-state index in [0.29, 0.717) is 5.92 Å². The molecular weight excluding hydrogens is 263 g/mol. The fraction of sp³-hybridized carbons (Fsp3) is 0.667. The number of carboxylic acids is 1. The molecular formula is C12H12F3NO3. The molecule has 4 nitrogen and oxygen atoms in total. The van der Waals surface area contributed by atoms with Gasteiger partial charge in [0.1, 0.15) is 0 Å². The molecule has 2 bridgehead atoms. The summed E-state index contributed by atoms with van der Waals surface area (Å²) in [4.78, 5) is 14.3. The van der Waals surface area contributed by atoms with Crippen molar-refractivity contribution in [2.24, 2.45) is 11.8 Å². The molecule has 0 radical (unpaired) electrons. The number of hydrogen-bond acceptors (Lipinski definition) is 3. The van der Waals surface area contributed by atoms with Crippen LogP contribution < -0.4 is 0 Å². The van der Waals surface area contributed by atoms with E-state index in [1.165, 1.54) is 0 Å². The van der Waals surface area contributed by atoms with Crippen molar-refractivity contribution in [2.45, 2.75) is 37.8 Å². The molecule has 7 heteroatoms. The molecule has 0 saturated heterocycles. The second-order valence-electron chi connectivity index (χ2n) is 5.31. The predicted octanol–water partition coefficient (Wildman–Crippen LogP) is 3.30. The smallest absolute Gasteiger partial charge is 0.437 e. The summed E-state index contributed by atoms with van der Waals surface area (Å²) in [5.74, 6) is -2.24. The largest absolute Gasteiger partial charge is 0.475 e. The normalized spacial score (nSPS) is 29.9. The molecule has 0 amide bonds. The monoisotopic (exact) mass is 275 g/mol. The van der Waals surface area contributed by atoms with Gasteiger partial charge in [0, 0.05) is 5.92 Å². The van der Waals surface area contributed by atoms with E-state index in [-0.39, 0.29) is 17.7 Å². The van der Waals surface area contributed by atoms with E-state index in [1.807, 2.05) is 0 Å². The summed E-state index contributed by atoms with van der Waals surface area (Å²) < 4.78 is 43.0. The number of alkyl halides is 3. The Hall–Kier alpha value is -1.53. The lowest BCUT2D eigenvalue weighted by molar-refractivity contribution is -0.141. The summed E-state index contributed by atoms with van der Waals surface area (Å²) in [6.07, 6.45) is -1.01. The number of halogens is 3. The van der Waals surface area contributed by atoms with Crippen molar-refractivity contribution in [3.05, 3.63) is 17.3 Å². The number of carboxylic acid groups (broad SMARTS) is 1. The summed E-state index contributed by atoms with van der Waals surface area (Å²) in [7, 11) is 0. The van der Waals surface area contributed by atoms with Crippen LogP contribution in [0.4, 0.5) is 13.2 Å². The lowest BCUT2D eigenvalue weighted by Crippen LogP contribution is -2.12. The number of nitrogens with zero attached hydrogens (tertiary/aromatic N) is 1. The standard InChI is InChI=1S/C12H12F3NO3/c13-12(14,15)9-8(11(17)18)19-10(16-9)7-4-5-1-2-6(7)3-5/h5-7H,1-4H2,(H,17,18). The van der Waals surface area contributed by atoms with E-state index in [4.69, 9.17) is 9.52 Å². The van der Waals surface area contributed by atoms with E-state index in [2.05, 4.69) is 4.98 Å². The van der Waals surface area contributed by atoms with Crippen molar-refractivity contribution < 1.29 is 27.5 Å². The SMILES string of the molecule is O=C(O)c1oc(C2CC3CCC2C3)nc1C(F)(F)F. The summed E-state index contributed by atoms with van der Waals surface area (Å²) in [6, 6.07) is 0. The van der Waals surface area contributed by atoms with Crippen molar-refractivity contribution in [3.63, 3.8) is 0 Å². The number of aromatic nitrogens is 1. The molecule has 1 heterocycles. The first-order chi connectivity index (χ1) is 8.86. The number of aromatic carboxylic acids is 1. The number of oxazole rings is 1. The molecule has 2 fully saturated rings. The minimum atomic E-state index is -4.80. The van der Waals surface area contributed by atoms with Crippen LogP contribution in [0.15, 0.2) is 4.42 Å². The molecule has 2 saturated carbocycles. The maximum Gasteiger partial charge on any atom is 0.437 e. The van der Waals surface area contributed by atoms with Crippen LogP contribution in [0, 0.1) is 11.8 Å². The highest BCUT2D eigenvalue weighted by Crippen LogP contribution is 2.53. The zero-order valence-electron chi connectivity index (χ0n) is 9.91. The molecule has 3 rings (SSSR count). The van der Waals surface area contributed by atoms with Crippen LogP contribution in [0.1, 0.15) is 53.7 Å². The van der Waals surface area contributed by atoms with Gasteiger partial charge in [-0.1, -0.05) is 6.42 Å². The van der Waals surface area contributed by atoms with Gasteiger partial charge >= 0.3 is 12.1 Å². The average Bonchev–Trinajstić information content (AvgIpc) is 3.01.